The zero-order chi connectivity index (χ0) is 19.6. The van der Waals surface area contributed by atoms with Gasteiger partial charge in [-0.15, -0.1) is 11.8 Å². The van der Waals surface area contributed by atoms with Crippen LogP contribution >= 0.6 is 46.7 Å². The lowest BCUT2D eigenvalue weighted by Gasteiger charge is -2.08. The van der Waals surface area contributed by atoms with Crippen molar-refractivity contribution in [2.24, 2.45) is 0 Å². The van der Waals surface area contributed by atoms with Gasteiger partial charge in [0.2, 0.25) is 5.91 Å². The summed E-state index contributed by atoms with van der Waals surface area (Å²) in [6, 6.07) is 11.8. The van der Waals surface area contributed by atoms with Crippen LogP contribution in [-0.2, 0) is 16.3 Å². The Morgan fingerprint density at radius 1 is 1.04 bits per heavy atom. The molecule has 0 aliphatic heterocycles. The van der Waals surface area contributed by atoms with Crippen LogP contribution in [0.4, 0.5) is 5.69 Å². The summed E-state index contributed by atoms with van der Waals surface area (Å²) in [5, 5.41) is 14.8. The second-order valence-corrected chi connectivity index (χ2v) is 8.42. The molecule has 27 heavy (non-hydrogen) atoms. The van der Waals surface area contributed by atoms with Crippen molar-refractivity contribution in [3.05, 3.63) is 73.8 Å². The SMILES string of the molecule is O=C(CSCc1ccc([N+](=O)[O-])cc1)NCCSCc1c(Cl)cccc1Cl. The van der Waals surface area contributed by atoms with Crippen LogP contribution in [0.1, 0.15) is 11.1 Å². The van der Waals surface area contributed by atoms with Crippen molar-refractivity contribution in [2.75, 3.05) is 18.1 Å². The monoisotopic (exact) mass is 444 g/mol. The number of nitrogens with one attached hydrogen (secondary N) is 1. The van der Waals surface area contributed by atoms with Crippen LogP contribution in [0.3, 0.4) is 0 Å². The second-order valence-electron chi connectivity index (χ2n) is 5.52. The van der Waals surface area contributed by atoms with Crippen LogP contribution in [0.15, 0.2) is 42.5 Å². The smallest absolute Gasteiger partial charge is 0.269 e. The van der Waals surface area contributed by atoms with Crippen molar-refractivity contribution in [1.29, 1.82) is 0 Å². The fraction of sp³-hybridized carbons (Fsp3) is 0.278. The number of carbonyl (C=O) groups excluding carboxylic acids is 1. The summed E-state index contributed by atoms with van der Waals surface area (Å²) in [4.78, 5) is 22.0. The number of benzene rings is 2. The zero-order valence-corrected chi connectivity index (χ0v) is 17.5. The highest BCUT2D eigenvalue weighted by molar-refractivity contribution is 7.99. The number of thioether (sulfide) groups is 2. The van der Waals surface area contributed by atoms with Crippen LogP contribution in [0.5, 0.6) is 0 Å². The van der Waals surface area contributed by atoms with E-state index in [1.165, 1.54) is 23.9 Å². The van der Waals surface area contributed by atoms with E-state index in [0.29, 0.717) is 33.8 Å². The van der Waals surface area contributed by atoms with Crippen LogP contribution in [0, 0.1) is 10.1 Å². The van der Waals surface area contributed by atoms with E-state index in [-0.39, 0.29) is 11.6 Å². The third-order valence-corrected chi connectivity index (χ3v) is 6.22. The van der Waals surface area contributed by atoms with Crippen LogP contribution < -0.4 is 5.32 Å². The average Bonchev–Trinajstić information content (AvgIpc) is 2.64. The highest BCUT2D eigenvalue weighted by atomic mass is 35.5. The normalized spacial score (nSPS) is 10.6. The predicted molar refractivity (Wildman–Crippen MR) is 115 cm³/mol. The first-order valence-corrected chi connectivity index (χ1v) is 11.1. The number of halogens is 2. The Bertz CT molecular complexity index is 768. The summed E-state index contributed by atoms with van der Waals surface area (Å²) >= 11 is 15.4. The molecule has 5 nitrogen and oxygen atoms in total. The van der Waals surface area contributed by atoms with Gasteiger partial charge in [-0.05, 0) is 23.3 Å². The van der Waals surface area contributed by atoms with Gasteiger partial charge in [-0.1, -0.05) is 41.4 Å². The van der Waals surface area contributed by atoms with Gasteiger partial charge in [0.05, 0.1) is 10.7 Å². The van der Waals surface area contributed by atoms with Crippen molar-refractivity contribution in [1.82, 2.24) is 5.32 Å². The summed E-state index contributed by atoms with van der Waals surface area (Å²) in [7, 11) is 0. The molecule has 0 saturated heterocycles. The van der Waals surface area contributed by atoms with Crippen LogP contribution in [-0.4, -0.2) is 28.9 Å². The fourth-order valence-corrected chi connectivity index (χ4v) is 4.55. The number of nitrogens with zero attached hydrogens (tertiary/aromatic N) is 1. The minimum absolute atomic E-state index is 0.0294. The van der Waals surface area contributed by atoms with E-state index in [0.717, 1.165) is 16.9 Å². The Morgan fingerprint density at radius 2 is 1.70 bits per heavy atom. The summed E-state index contributed by atoms with van der Waals surface area (Å²) < 4.78 is 0. The lowest BCUT2D eigenvalue weighted by Crippen LogP contribution is -2.27. The molecule has 0 heterocycles. The number of rotatable bonds is 10. The summed E-state index contributed by atoms with van der Waals surface area (Å²) in [5.41, 5.74) is 1.93. The third kappa shape index (κ3) is 7.62. The number of non-ortho nitro benzene ring substituents is 1. The molecule has 1 N–H and O–H groups in total. The quantitative estimate of drug-likeness (QED) is 0.310. The minimum atomic E-state index is -0.428. The van der Waals surface area contributed by atoms with Gasteiger partial charge in [0.25, 0.3) is 5.69 Å². The molecule has 0 atom stereocenters. The molecule has 0 aromatic heterocycles. The Kier molecular flexibility index (Phi) is 9.27. The van der Waals surface area contributed by atoms with Crippen molar-refractivity contribution in [3.63, 3.8) is 0 Å². The zero-order valence-electron chi connectivity index (χ0n) is 14.3. The van der Waals surface area contributed by atoms with Gasteiger partial charge < -0.3 is 5.32 Å². The Morgan fingerprint density at radius 3 is 2.33 bits per heavy atom. The minimum Gasteiger partial charge on any atom is -0.355 e. The lowest BCUT2D eigenvalue weighted by molar-refractivity contribution is -0.384. The molecule has 0 spiro atoms. The molecule has 0 unspecified atom stereocenters. The summed E-state index contributed by atoms with van der Waals surface area (Å²) in [5.74, 6) is 2.41. The van der Waals surface area contributed by atoms with Crippen molar-refractivity contribution < 1.29 is 9.72 Å². The molecule has 0 fully saturated rings. The van der Waals surface area contributed by atoms with Crippen LogP contribution in [0.2, 0.25) is 10.0 Å². The van der Waals surface area contributed by atoms with Gasteiger partial charge in [0.15, 0.2) is 0 Å². The topological polar surface area (TPSA) is 72.2 Å². The molecule has 0 bridgehead atoms. The van der Waals surface area contributed by atoms with E-state index in [1.54, 1.807) is 23.9 Å². The molecule has 144 valence electrons. The first kappa shape index (κ1) is 21.9. The Hall–Kier alpha value is -1.41. The molecule has 2 aromatic rings. The number of nitro benzene ring substituents is 1. The standard InChI is InChI=1S/C18H18Cl2N2O3S2/c19-16-2-1-3-17(20)15(16)11-26-9-8-21-18(23)12-27-10-13-4-6-14(7-5-13)22(24)25/h1-7H,8-12H2,(H,21,23). The fourth-order valence-electron chi connectivity index (χ4n) is 2.13. The van der Waals surface area contributed by atoms with Gasteiger partial charge in [-0.25, -0.2) is 0 Å². The van der Waals surface area contributed by atoms with Gasteiger partial charge in [0, 0.05) is 46.0 Å². The number of amides is 1. The molecule has 2 aromatic carbocycles. The largest absolute Gasteiger partial charge is 0.355 e. The van der Waals surface area contributed by atoms with Gasteiger partial charge in [-0.2, -0.15) is 11.8 Å². The maximum absolute atomic E-state index is 11.8. The molecule has 2 rings (SSSR count). The molecule has 0 saturated carbocycles. The number of carbonyl (C=O) groups is 1. The molecular weight excluding hydrogens is 427 g/mol. The maximum atomic E-state index is 11.8. The molecule has 0 radical (unpaired) electrons. The number of hydrogen-bond acceptors (Lipinski definition) is 5. The molecule has 1 amide bonds. The highest BCUT2D eigenvalue weighted by Crippen LogP contribution is 2.28. The van der Waals surface area contributed by atoms with Gasteiger partial charge in [0.1, 0.15) is 0 Å². The maximum Gasteiger partial charge on any atom is 0.269 e. The van der Waals surface area contributed by atoms with Gasteiger partial charge >= 0.3 is 0 Å². The predicted octanol–water partition coefficient (Wildman–Crippen LogP) is 5.18. The average molecular weight is 445 g/mol. The van der Waals surface area contributed by atoms with Crippen molar-refractivity contribution >= 4 is 58.3 Å². The highest BCUT2D eigenvalue weighted by Gasteiger charge is 2.07. The molecule has 0 aliphatic carbocycles. The summed E-state index contributed by atoms with van der Waals surface area (Å²) in [6.45, 7) is 0.573. The molecule has 9 heteroatoms. The molecular formula is C18H18Cl2N2O3S2. The van der Waals surface area contributed by atoms with E-state index < -0.39 is 4.92 Å². The van der Waals surface area contributed by atoms with E-state index >= 15 is 0 Å². The molecule has 0 aliphatic rings. The summed E-state index contributed by atoms with van der Waals surface area (Å²) in [6.07, 6.45) is 0. The number of nitro groups is 1. The second kappa shape index (κ2) is 11.4. The Labute approximate surface area is 176 Å². The van der Waals surface area contributed by atoms with E-state index in [1.807, 2.05) is 18.2 Å². The first-order valence-electron chi connectivity index (χ1n) is 8.06. The first-order chi connectivity index (χ1) is 13.0. The van der Waals surface area contributed by atoms with Crippen molar-refractivity contribution in [3.8, 4) is 0 Å². The lowest BCUT2D eigenvalue weighted by atomic mass is 10.2. The Balaban J connectivity index is 1.59. The third-order valence-electron chi connectivity index (χ3n) is 3.53. The van der Waals surface area contributed by atoms with E-state index in [4.69, 9.17) is 23.2 Å². The van der Waals surface area contributed by atoms with Crippen molar-refractivity contribution in [2.45, 2.75) is 11.5 Å². The van der Waals surface area contributed by atoms with Crippen LogP contribution in [0.25, 0.3) is 0 Å². The van der Waals surface area contributed by atoms with E-state index in [2.05, 4.69) is 5.32 Å². The van der Waals surface area contributed by atoms with Gasteiger partial charge in [-0.3, -0.25) is 14.9 Å². The number of hydrogen-bond donors (Lipinski definition) is 1. The van der Waals surface area contributed by atoms with E-state index in [9.17, 15) is 14.9 Å².